The van der Waals surface area contributed by atoms with Crippen molar-refractivity contribution in [3.8, 4) is 11.1 Å². The first kappa shape index (κ1) is 10.9. The van der Waals surface area contributed by atoms with E-state index < -0.39 is 0 Å². The fourth-order valence-electron chi connectivity index (χ4n) is 1.88. The Kier molecular flexibility index (Phi) is 3.09. The van der Waals surface area contributed by atoms with Gasteiger partial charge in [0.2, 0.25) is 0 Å². The number of hydrogen-bond acceptors (Lipinski definition) is 0. The van der Waals surface area contributed by atoms with Crippen LogP contribution in [0.4, 0.5) is 0 Å². The Hall–Kier alpha value is -1.56. The molecule has 0 aromatic heterocycles. The zero-order valence-corrected chi connectivity index (χ0v) is 10.1. The standard InChI is InChI=1S/C16H17/c1-12(2)14-8-6-9-15(11-14)16-10-5-4-7-13(16)3/h4-7,9-12H,1-3H3. The largest absolute Gasteiger partial charge is 0.0620 e. The van der Waals surface area contributed by atoms with Gasteiger partial charge in [-0.2, -0.15) is 0 Å². The van der Waals surface area contributed by atoms with Crippen LogP contribution in [0.3, 0.4) is 0 Å². The van der Waals surface area contributed by atoms with Crippen molar-refractivity contribution in [1.29, 1.82) is 0 Å². The number of rotatable bonds is 2. The van der Waals surface area contributed by atoms with Crippen molar-refractivity contribution in [1.82, 2.24) is 0 Å². The summed E-state index contributed by atoms with van der Waals surface area (Å²) in [7, 11) is 0. The lowest BCUT2D eigenvalue weighted by Crippen LogP contribution is -1.89. The summed E-state index contributed by atoms with van der Waals surface area (Å²) in [5.41, 5.74) is 5.21. The molecule has 0 aliphatic heterocycles. The van der Waals surface area contributed by atoms with E-state index in [1.807, 2.05) is 6.07 Å². The van der Waals surface area contributed by atoms with Crippen molar-refractivity contribution in [2.75, 3.05) is 0 Å². The van der Waals surface area contributed by atoms with Crippen LogP contribution in [0.5, 0.6) is 0 Å². The van der Waals surface area contributed by atoms with E-state index >= 15 is 0 Å². The predicted octanol–water partition coefficient (Wildman–Crippen LogP) is 4.59. The molecule has 0 amide bonds. The van der Waals surface area contributed by atoms with Crippen molar-refractivity contribution in [2.24, 2.45) is 0 Å². The van der Waals surface area contributed by atoms with Gasteiger partial charge in [0.25, 0.3) is 0 Å². The van der Waals surface area contributed by atoms with Crippen molar-refractivity contribution in [3.63, 3.8) is 0 Å². The van der Waals surface area contributed by atoms with Gasteiger partial charge in [-0.25, -0.2) is 0 Å². The normalized spacial score (nSPS) is 10.8. The van der Waals surface area contributed by atoms with Crippen LogP contribution in [0.25, 0.3) is 11.1 Å². The average molecular weight is 209 g/mol. The SMILES string of the molecule is Cc1ccccc1-c1cc[c]c(C(C)C)c1. The summed E-state index contributed by atoms with van der Waals surface area (Å²) >= 11 is 0. The first-order chi connectivity index (χ1) is 7.68. The highest BCUT2D eigenvalue weighted by Gasteiger charge is 2.04. The quantitative estimate of drug-likeness (QED) is 0.678. The molecule has 0 heteroatoms. The Balaban J connectivity index is 2.49. The second kappa shape index (κ2) is 4.52. The molecule has 0 bridgehead atoms. The third kappa shape index (κ3) is 2.16. The summed E-state index contributed by atoms with van der Waals surface area (Å²) in [4.78, 5) is 0. The molecule has 0 N–H and O–H groups in total. The first-order valence-electron chi connectivity index (χ1n) is 5.76. The van der Waals surface area contributed by atoms with Crippen LogP contribution in [0.1, 0.15) is 30.9 Å². The number of benzene rings is 2. The van der Waals surface area contributed by atoms with Crippen LogP contribution in [0, 0.1) is 13.0 Å². The Morgan fingerprint density at radius 3 is 2.50 bits per heavy atom. The van der Waals surface area contributed by atoms with Crippen LogP contribution in [-0.4, -0.2) is 0 Å². The maximum atomic E-state index is 3.30. The molecule has 2 rings (SSSR count). The highest BCUT2D eigenvalue weighted by atomic mass is 14.1. The second-order valence-corrected chi connectivity index (χ2v) is 4.50. The summed E-state index contributed by atoms with van der Waals surface area (Å²) in [6.45, 7) is 6.56. The van der Waals surface area contributed by atoms with E-state index in [0.717, 1.165) is 0 Å². The fraction of sp³-hybridized carbons (Fsp3) is 0.250. The molecule has 0 aliphatic rings. The van der Waals surface area contributed by atoms with Gasteiger partial charge < -0.3 is 0 Å². The van der Waals surface area contributed by atoms with E-state index in [0.29, 0.717) is 5.92 Å². The maximum Gasteiger partial charge on any atom is -0.0146 e. The second-order valence-electron chi connectivity index (χ2n) is 4.50. The van der Waals surface area contributed by atoms with E-state index in [4.69, 9.17) is 0 Å². The first-order valence-corrected chi connectivity index (χ1v) is 5.76. The molecule has 2 aromatic rings. The number of aryl methyl sites for hydroxylation is 1. The monoisotopic (exact) mass is 209 g/mol. The van der Waals surface area contributed by atoms with Gasteiger partial charge in [0.1, 0.15) is 0 Å². The van der Waals surface area contributed by atoms with Gasteiger partial charge in [-0.15, -0.1) is 0 Å². The minimum atomic E-state index is 0.531. The molecule has 0 saturated carbocycles. The molecular weight excluding hydrogens is 192 g/mol. The minimum absolute atomic E-state index is 0.531. The van der Waals surface area contributed by atoms with Gasteiger partial charge in [-0.05, 0) is 41.2 Å². The highest BCUT2D eigenvalue weighted by Crippen LogP contribution is 2.25. The van der Waals surface area contributed by atoms with Crippen LogP contribution in [-0.2, 0) is 0 Å². The molecule has 2 aromatic carbocycles. The molecule has 0 spiro atoms. The smallest absolute Gasteiger partial charge is 0.0146 e. The van der Waals surface area contributed by atoms with E-state index in [-0.39, 0.29) is 0 Å². The summed E-state index contributed by atoms with van der Waals surface area (Å²) in [6.07, 6.45) is 0. The molecule has 0 unspecified atom stereocenters. The van der Waals surface area contributed by atoms with E-state index in [9.17, 15) is 0 Å². The molecule has 0 saturated heterocycles. The van der Waals surface area contributed by atoms with Crippen molar-refractivity contribution >= 4 is 0 Å². The van der Waals surface area contributed by atoms with E-state index in [1.165, 1.54) is 22.3 Å². The maximum absolute atomic E-state index is 3.30. The molecular formula is C16H17. The van der Waals surface area contributed by atoms with Crippen LogP contribution in [0.15, 0.2) is 42.5 Å². The summed E-state index contributed by atoms with van der Waals surface area (Å²) in [5.74, 6) is 0.531. The molecule has 81 valence electrons. The Morgan fingerprint density at radius 2 is 1.81 bits per heavy atom. The Morgan fingerprint density at radius 1 is 1.06 bits per heavy atom. The average Bonchev–Trinajstić information content (AvgIpc) is 2.30. The summed E-state index contributed by atoms with van der Waals surface area (Å²) < 4.78 is 0. The van der Waals surface area contributed by atoms with Gasteiger partial charge in [-0.3, -0.25) is 0 Å². The van der Waals surface area contributed by atoms with Crippen LogP contribution < -0.4 is 0 Å². The lowest BCUT2D eigenvalue weighted by Gasteiger charge is -2.09. The Bertz CT molecular complexity index is 481. The third-order valence-corrected chi connectivity index (χ3v) is 2.90. The molecule has 0 nitrogen and oxygen atoms in total. The third-order valence-electron chi connectivity index (χ3n) is 2.90. The fourth-order valence-corrected chi connectivity index (χ4v) is 1.88. The van der Waals surface area contributed by atoms with E-state index in [1.54, 1.807) is 0 Å². The van der Waals surface area contributed by atoms with Gasteiger partial charge >= 0.3 is 0 Å². The minimum Gasteiger partial charge on any atom is -0.0620 e. The molecule has 16 heavy (non-hydrogen) atoms. The lowest BCUT2D eigenvalue weighted by molar-refractivity contribution is 0.865. The zero-order chi connectivity index (χ0) is 11.5. The van der Waals surface area contributed by atoms with E-state index in [2.05, 4.69) is 63.2 Å². The molecule has 0 fully saturated rings. The molecule has 0 atom stereocenters. The van der Waals surface area contributed by atoms with Crippen molar-refractivity contribution in [3.05, 3.63) is 59.7 Å². The van der Waals surface area contributed by atoms with Gasteiger partial charge in [0.15, 0.2) is 0 Å². The molecule has 1 radical (unpaired) electrons. The molecule has 0 heterocycles. The van der Waals surface area contributed by atoms with Crippen molar-refractivity contribution < 1.29 is 0 Å². The zero-order valence-electron chi connectivity index (χ0n) is 10.1. The van der Waals surface area contributed by atoms with Gasteiger partial charge in [0, 0.05) is 0 Å². The summed E-state index contributed by atoms with van der Waals surface area (Å²) in [5, 5.41) is 0. The number of hydrogen-bond donors (Lipinski definition) is 0. The van der Waals surface area contributed by atoms with Gasteiger partial charge in [0.05, 0.1) is 0 Å². The topological polar surface area (TPSA) is 0 Å². The molecule has 0 aliphatic carbocycles. The van der Waals surface area contributed by atoms with Crippen LogP contribution >= 0.6 is 0 Å². The Labute approximate surface area is 97.9 Å². The van der Waals surface area contributed by atoms with Gasteiger partial charge in [-0.1, -0.05) is 56.3 Å². The predicted molar refractivity (Wildman–Crippen MR) is 69.5 cm³/mol. The van der Waals surface area contributed by atoms with Crippen LogP contribution in [0.2, 0.25) is 0 Å². The highest BCUT2D eigenvalue weighted by molar-refractivity contribution is 5.67. The van der Waals surface area contributed by atoms with Crippen molar-refractivity contribution in [2.45, 2.75) is 26.7 Å². The lowest BCUT2D eigenvalue weighted by atomic mass is 9.95. The summed E-state index contributed by atoms with van der Waals surface area (Å²) in [6, 6.07) is 18.2.